The van der Waals surface area contributed by atoms with Crippen LogP contribution in [0.4, 0.5) is 0 Å². The first-order chi connectivity index (χ1) is 7.09. The Bertz CT molecular complexity index is 197. The molecule has 2 atom stereocenters. The van der Waals surface area contributed by atoms with Gasteiger partial charge in [0.2, 0.25) is 0 Å². The third kappa shape index (κ3) is 4.65. The highest BCUT2D eigenvalue weighted by Crippen LogP contribution is 2.28. The number of aliphatic hydroxyl groups excluding tert-OH is 1. The third-order valence-electron chi connectivity index (χ3n) is 3.38. The number of aliphatic carboxylic acids is 1. The summed E-state index contributed by atoms with van der Waals surface area (Å²) in [7, 11) is 0. The number of aliphatic hydroxyl groups is 1. The van der Waals surface area contributed by atoms with Crippen molar-refractivity contribution < 1.29 is 15.0 Å². The average molecular weight is 214 g/mol. The van der Waals surface area contributed by atoms with Crippen LogP contribution in [-0.2, 0) is 4.79 Å². The summed E-state index contributed by atoms with van der Waals surface area (Å²) in [4.78, 5) is 10.6. The maximum atomic E-state index is 10.6. The summed E-state index contributed by atoms with van der Waals surface area (Å²) in [6, 6.07) is 0. The Morgan fingerprint density at radius 1 is 1.33 bits per heavy atom. The molecule has 3 nitrogen and oxygen atoms in total. The van der Waals surface area contributed by atoms with Crippen LogP contribution in [0.5, 0.6) is 0 Å². The Balaban J connectivity index is 2.22. The summed E-state index contributed by atoms with van der Waals surface area (Å²) in [5, 5.41) is 18.5. The molecule has 0 radical (unpaired) electrons. The van der Waals surface area contributed by atoms with Crippen molar-refractivity contribution in [1.29, 1.82) is 0 Å². The van der Waals surface area contributed by atoms with E-state index in [-0.39, 0.29) is 0 Å². The molecule has 0 bridgehead atoms. The van der Waals surface area contributed by atoms with Gasteiger partial charge in [0.05, 0.1) is 12.0 Å². The van der Waals surface area contributed by atoms with Crippen LogP contribution in [0.3, 0.4) is 0 Å². The Hall–Kier alpha value is -0.570. The van der Waals surface area contributed by atoms with Crippen LogP contribution in [0.25, 0.3) is 0 Å². The molecule has 1 fully saturated rings. The smallest absolute Gasteiger partial charge is 0.306 e. The van der Waals surface area contributed by atoms with E-state index >= 15 is 0 Å². The van der Waals surface area contributed by atoms with Gasteiger partial charge in [-0.25, -0.2) is 0 Å². The Morgan fingerprint density at radius 2 is 1.93 bits per heavy atom. The summed E-state index contributed by atoms with van der Waals surface area (Å²) in [6.45, 7) is 1.66. The lowest BCUT2D eigenvalue weighted by Crippen LogP contribution is -2.21. The molecule has 3 heteroatoms. The van der Waals surface area contributed by atoms with Crippen molar-refractivity contribution in [3.8, 4) is 0 Å². The second kappa shape index (κ2) is 6.11. The average Bonchev–Trinajstić information content (AvgIpc) is 2.18. The highest BCUT2D eigenvalue weighted by atomic mass is 16.4. The van der Waals surface area contributed by atoms with Crippen molar-refractivity contribution in [2.45, 2.75) is 58.0 Å². The molecule has 0 aromatic carbocycles. The number of hydrogen-bond donors (Lipinski definition) is 2. The van der Waals surface area contributed by atoms with Gasteiger partial charge in [-0.15, -0.1) is 0 Å². The normalized spacial score (nSPS) is 22.3. The highest BCUT2D eigenvalue weighted by Gasteiger charge is 2.21. The lowest BCUT2D eigenvalue weighted by atomic mass is 9.84. The molecule has 0 aromatic rings. The van der Waals surface area contributed by atoms with Gasteiger partial charge < -0.3 is 10.2 Å². The zero-order chi connectivity index (χ0) is 11.3. The van der Waals surface area contributed by atoms with Gasteiger partial charge in [0.25, 0.3) is 0 Å². The predicted molar refractivity (Wildman–Crippen MR) is 58.6 cm³/mol. The van der Waals surface area contributed by atoms with E-state index < -0.39 is 18.0 Å². The number of hydrogen-bond acceptors (Lipinski definition) is 2. The maximum absolute atomic E-state index is 10.6. The van der Waals surface area contributed by atoms with Gasteiger partial charge in [0.1, 0.15) is 0 Å². The molecule has 1 rings (SSSR count). The Morgan fingerprint density at radius 3 is 2.47 bits per heavy atom. The van der Waals surface area contributed by atoms with Crippen LogP contribution in [0.15, 0.2) is 0 Å². The molecule has 1 aliphatic rings. The van der Waals surface area contributed by atoms with E-state index in [2.05, 4.69) is 0 Å². The summed E-state index contributed by atoms with van der Waals surface area (Å²) >= 11 is 0. The quantitative estimate of drug-likeness (QED) is 0.739. The SMILES string of the molecule is CC(CC(O)CC1CCCCC1)C(=O)O. The van der Waals surface area contributed by atoms with Crippen LogP contribution in [0.1, 0.15) is 51.9 Å². The fraction of sp³-hybridized carbons (Fsp3) is 0.917. The molecule has 0 saturated heterocycles. The van der Waals surface area contributed by atoms with E-state index in [0.717, 1.165) is 6.42 Å². The number of carboxylic acids is 1. The lowest BCUT2D eigenvalue weighted by molar-refractivity contribution is -0.142. The van der Waals surface area contributed by atoms with Crippen molar-refractivity contribution >= 4 is 5.97 Å². The van der Waals surface area contributed by atoms with Gasteiger partial charge >= 0.3 is 5.97 Å². The van der Waals surface area contributed by atoms with Crippen LogP contribution in [0.2, 0.25) is 0 Å². The van der Waals surface area contributed by atoms with E-state index in [0.29, 0.717) is 12.3 Å². The van der Waals surface area contributed by atoms with E-state index in [4.69, 9.17) is 5.11 Å². The van der Waals surface area contributed by atoms with Crippen molar-refractivity contribution in [3.05, 3.63) is 0 Å². The van der Waals surface area contributed by atoms with E-state index in [9.17, 15) is 9.90 Å². The van der Waals surface area contributed by atoms with Gasteiger partial charge in [-0.2, -0.15) is 0 Å². The van der Waals surface area contributed by atoms with E-state index in [1.807, 2.05) is 0 Å². The summed E-state index contributed by atoms with van der Waals surface area (Å²) in [6.07, 6.45) is 7.02. The lowest BCUT2D eigenvalue weighted by Gasteiger charge is -2.24. The minimum Gasteiger partial charge on any atom is -0.481 e. The summed E-state index contributed by atoms with van der Waals surface area (Å²) in [5.74, 6) is -0.615. The molecular formula is C12H22O3. The van der Waals surface area contributed by atoms with Crippen LogP contribution < -0.4 is 0 Å². The molecule has 1 aliphatic carbocycles. The van der Waals surface area contributed by atoms with Gasteiger partial charge in [0, 0.05) is 0 Å². The van der Waals surface area contributed by atoms with E-state index in [1.165, 1.54) is 32.1 Å². The van der Waals surface area contributed by atoms with Crippen molar-refractivity contribution in [2.24, 2.45) is 11.8 Å². The highest BCUT2D eigenvalue weighted by molar-refractivity contribution is 5.69. The van der Waals surface area contributed by atoms with Crippen LogP contribution in [0, 0.1) is 11.8 Å². The maximum Gasteiger partial charge on any atom is 0.306 e. The van der Waals surface area contributed by atoms with Crippen molar-refractivity contribution in [2.75, 3.05) is 0 Å². The molecule has 15 heavy (non-hydrogen) atoms. The first-order valence-electron chi connectivity index (χ1n) is 6.00. The van der Waals surface area contributed by atoms with Gasteiger partial charge in [-0.1, -0.05) is 39.0 Å². The van der Waals surface area contributed by atoms with Gasteiger partial charge in [0.15, 0.2) is 0 Å². The Kier molecular flexibility index (Phi) is 5.09. The second-order valence-electron chi connectivity index (χ2n) is 4.87. The van der Waals surface area contributed by atoms with Crippen molar-refractivity contribution in [3.63, 3.8) is 0 Å². The molecule has 0 aromatic heterocycles. The van der Waals surface area contributed by atoms with Crippen molar-refractivity contribution in [1.82, 2.24) is 0 Å². The zero-order valence-corrected chi connectivity index (χ0v) is 9.48. The molecule has 2 N–H and O–H groups in total. The number of rotatable bonds is 5. The fourth-order valence-corrected chi connectivity index (χ4v) is 2.41. The largest absolute Gasteiger partial charge is 0.481 e. The molecule has 1 saturated carbocycles. The standard InChI is InChI=1S/C12H22O3/c1-9(12(14)15)7-11(13)8-10-5-3-2-4-6-10/h9-11,13H,2-8H2,1H3,(H,14,15). The second-order valence-corrected chi connectivity index (χ2v) is 4.87. The first-order valence-corrected chi connectivity index (χ1v) is 6.00. The topological polar surface area (TPSA) is 57.5 Å². The summed E-state index contributed by atoms with van der Waals surface area (Å²) < 4.78 is 0. The first kappa shape index (κ1) is 12.5. The zero-order valence-electron chi connectivity index (χ0n) is 9.48. The molecule has 88 valence electrons. The number of carboxylic acid groups (broad SMARTS) is 1. The minimum absolute atomic E-state index is 0.395. The third-order valence-corrected chi connectivity index (χ3v) is 3.38. The predicted octanol–water partition coefficient (Wildman–Crippen LogP) is 2.43. The summed E-state index contributed by atoms with van der Waals surface area (Å²) in [5.41, 5.74) is 0. The molecule has 0 spiro atoms. The van der Waals surface area contributed by atoms with E-state index in [1.54, 1.807) is 6.92 Å². The molecule has 0 aliphatic heterocycles. The monoisotopic (exact) mass is 214 g/mol. The molecule has 2 unspecified atom stereocenters. The van der Waals surface area contributed by atoms with Crippen LogP contribution >= 0.6 is 0 Å². The van der Waals surface area contributed by atoms with Crippen LogP contribution in [-0.4, -0.2) is 22.3 Å². The van der Waals surface area contributed by atoms with Gasteiger partial charge in [-0.3, -0.25) is 4.79 Å². The van der Waals surface area contributed by atoms with Gasteiger partial charge in [-0.05, 0) is 18.8 Å². The Labute approximate surface area is 91.5 Å². The fourth-order valence-electron chi connectivity index (χ4n) is 2.41. The molecule has 0 amide bonds. The number of carbonyl (C=O) groups is 1. The minimum atomic E-state index is -0.808. The molecular weight excluding hydrogens is 192 g/mol. The molecule has 0 heterocycles.